The standard InChI is InChI=1S/C14H18ClNO2/c1-2-3-8-13(15)9-4-6-12-7-5-10-14(11-12)16(17)18/h4-7,10-11,13H,2-3,8-9H2,1H3. The molecule has 1 aromatic rings. The van der Waals surface area contributed by atoms with Gasteiger partial charge in [0, 0.05) is 17.5 Å². The van der Waals surface area contributed by atoms with Crippen molar-refractivity contribution in [2.45, 2.75) is 38.0 Å². The molecule has 4 heteroatoms. The maximum atomic E-state index is 10.6. The van der Waals surface area contributed by atoms with Crippen molar-refractivity contribution in [2.24, 2.45) is 0 Å². The minimum atomic E-state index is -0.386. The summed E-state index contributed by atoms with van der Waals surface area (Å²) in [7, 11) is 0. The van der Waals surface area contributed by atoms with Crippen molar-refractivity contribution < 1.29 is 4.92 Å². The first kappa shape index (κ1) is 14.7. The fourth-order valence-corrected chi connectivity index (χ4v) is 1.89. The molecule has 0 spiro atoms. The van der Waals surface area contributed by atoms with E-state index in [2.05, 4.69) is 6.92 Å². The average molecular weight is 268 g/mol. The van der Waals surface area contributed by atoms with Gasteiger partial charge in [-0.05, 0) is 18.4 Å². The zero-order valence-electron chi connectivity index (χ0n) is 10.5. The van der Waals surface area contributed by atoms with Gasteiger partial charge < -0.3 is 0 Å². The number of unbranched alkanes of at least 4 members (excludes halogenated alkanes) is 1. The van der Waals surface area contributed by atoms with Crippen LogP contribution in [-0.4, -0.2) is 10.3 Å². The molecule has 3 nitrogen and oxygen atoms in total. The molecule has 1 atom stereocenters. The van der Waals surface area contributed by atoms with Crippen LogP contribution < -0.4 is 0 Å². The molecule has 1 unspecified atom stereocenters. The highest BCUT2D eigenvalue weighted by Crippen LogP contribution is 2.16. The van der Waals surface area contributed by atoms with E-state index in [9.17, 15) is 10.1 Å². The molecule has 1 aromatic carbocycles. The Morgan fingerprint density at radius 3 is 2.94 bits per heavy atom. The van der Waals surface area contributed by atoms with E-state index in [4.69, 9.17) is 11.6 Å². The van der Waals surface area contributed by atoms with Gasteiger partial charge in [0.15, 0.2) is 0 Å². The normalized spacial score (nSPS) is 12.8. The van der Waals surface area contributed by atoms with E-state index in [0.717, 1.165) is 31.2 Å². The summed E-state index contributed by atoms with van der Waals surface area (Å²) in [6, 6.07) is 6.58. The Hall–Kier alpha value is -1.35. The summed E-state index contributed by atoms with van der Waals surface area (Å²) in [5.41, 5.74) is 0.953. The molecular formula is C14H18ClNO2. The van der Waals surface area contributed by atoms with E-state index < -0.39 is 0 Å². The monoisotopic (exact) mass is 267 g/mol. The highest BCUT2D eigenvalue weighted by atomic mass is 35.5. The van der Waals surface area contributed by atoms with Gasteiger partial charge in [0.2, 0.25) is 0 Å². The van der Waals surface area contributed by atoms with Gasteiger partial charge >= 0.3 is 0 Å². The lowest BCUT2D eigenvalue weighted by Gasteiger charge is -2.04. The second-order valence-electron chi connectivity index (χ2n) is 4.23. The zero-order chi connectivity index (χ0) is 13.4. The number of nitro benzene ring substituents is 1. The van der Waals surface area contributed by atoms with Crippen LogP contribution in [0.2, 0.25) is 0 Å². The van der Waals surface area contributed by atoms with Gasteiger partial charge in [-0.3, -0.25) is 10.1 Å². The second-order valence-corrected chi connectivity index (χ2v) is 4.85. The maximum absolute atomic E-state index is 10.6. The van der Waals surface area contributed by atoms with Gasteiger partial charge in [0.05, 0.1) is 4.92 Å². The topological polar surface area (TPSA) is 43.1 Å². The van der Waals surface area contributed by atoms with Gasteiger partial charge in [0.1, 0.15) is 0 Å². The van der Waals surface area contributed by atoms with Crippen LogP contribution in [0.15, 0.2) is 30.3 Å². The number of nitrogens with zero attached hydrogens (tertiary/aromatic N) is 1. The first-order valence-electron chi connectivity index (χ1n) is 6.18. The Morgan fingerprint density at radius 1 is 1.50 bits per heavy atom. The maximum Gasteiger partial charge on any atom is 0.270 e. The molecule has 0 bridgehead atoms. The number of alkyl halides is 1. The van der Waals surface area contributed by atoms with Crippen LogP contribution in [0.3, 0.4) is 0 Å². The number of benzene rings is 1. The van der Waals surface area contributed by atoms with Crippen molar-refractivity contribution in [2.75, 3.05) is 0 Å². The second kappa shape index (κ2) is 7.88. The summed E-state index contributed by atoms with van der Waals surface area (Å²) in [6.45, 7) is 2.14. The first-order valence-corrected chi connectivity index (χ1v) is 6.62. The van der Waals surface area contributed by atoms with E-state index in [-0.39, 0.29) is 16.0 Å². The van der Waals surface area contributed by atoms with Crippen LogP contribution in [0.1, 0.15) is 38.2 Å². The molecule has 0 saturated heterocycles. The summed E-state index contributed by atoms with van der Waals surface area (Å²) >= 11 is 6.15. The molecule has 0 aliphatic carbocycles. The summed E-state index contributed by atoms with van der Waals surface area (Å²) in [4.78, 5) is 10.2. The molecule has 1 rings (SSSR count). The third kappa shape index (κ3) is 5.32. The molecular weight excluding hydrogens is 250 g/mol. The van der Waals surface area contributed by atoms with Crippen LogP contribution in [0.25, 0.3) is 6.08 Å². The van der Waals surface area contributed by atoms with E-state index in [0.29, 0.717) is 0 Å². The number of hydrogen-bond donors (Lipinski definition) is 0. The van der Waals surface area contributed by atoms with Crippen molar-refractivity contribution in [3.8, 4) is 0 Å². The van der Waals surface area contributed by atoms with Crippen molar-refractivity contribution in [3.05, 3.63) is 46.0 Å². The minimum Gasteiger partial charge on any atom is -0.258 e. The van der Waals surface area contributed by atoms with Gasteiger partial charge in [-0.25, -0.2) is 0 Å². The third-order valence-corrected chi connectivity index (χ3v) is 3.05. The van der Waals surface area contributed by atoms with E-state index >= 15 is 0 Å². The van der Waals surface area contributed by atoms with Crippen LogP contribution in [-0.2, 0) is 0 Å². The SMILES string of the molecule is CCCCC(Cl)CC=Cc1cccc([N+](=O)[O-])c1. The predicted octanol–water partition coefficient (Wildman–Crippen LogP) is 4.80. The van der Waals surface area contributed by atoms with Crippen LogP contribution in [0.5, 0.6) is 0 Å². The Morgan fingerprint density at radius 2 is 2.28 bits per heavy atom. The Kier molecular flexibility index (Phi) is 6.44. The van der Waals surface area contributed by atoms with E-state index in [1.807, 2.05) is 18.2 Å². The van der Waals surface area contributed by atoms with Gasteiger partial charge in [0.25, 0.3) is 5.69 Å². The average Bonchev–Trinajstić information content (AvgIpc) is 2.36. The lowest BCUT2D eigenvalue weighted by molar-refractivity contribution is -0.384. The number of non-ortho nitro benzene ring substituents is 1. The highest BCUT2D eigenvalue weighted by Gasteiger charge is 2.04. The molecule has 0 heterocycles. The molecule has 0 fully saturated rings. The summed E-state index contributed by atoms with van der Waals surface area (Å²) in [5.74, 6) is 0. The molecule has 0 aromatic heterocycles. The number of allylic oxidation sites excluding steroid dienone is 1. The quantitative estimate of drug-likeness (QED) is 0.405. The smallest absolute Gasteiger partial charge is 0.258 e. The molecule has 98 valence electrons. The van der Waals surface area contributed by atoms with Crippen LogP contribution >= 0.6 is 11.6 Å². The molecule has 18 heavy (non-hydrogen) atoms. The highest BCUT2D eigenvalue weighted by molar-refractivity contribution is 6.20. The van der Waals surface area contributed by atoms with Gasteiger partial charge in [-0.15, -0.1) is 11.6 Å². The fourth-order valence-electron chi connectivity index (χ4n) is 1.64. The number of rotatable bonds is 7. The zero-order valence-corrected chi connectivity index (χ0v) is 11.3. The summed E-state index contributed by atoms with van der Waals surface area (Å²) in [5, 5.41) is 10.8. The van der Waals surface area contributed by atoms with Crippen LogP contribution in [0, 0.1) is 10.1 Å². The lowest BCUT2D eigenvalue weighted by Crippen LogP contribution is -1.95. The Balaban J connectivity index is 2.51. The minimum absolute atomic E-state index is 0.116. The van der Waals surface area contributed by atoms with Gasteiger partial charge in [-0.2, -0.15) is 0 Å². The largest absolute Gasteiger partial charge is 0.270 e. The number of hydrogen-bond acceptors (Lipinski definition) is 2. The van der Waals surface area contributed by atoms with Crippen molar-refractivity contribution in [1.29, 1.82) is 0 Å². The van der Waals surface area contributed by atoms with Crippen molar-refractivity contribution in [1.82, 2.24) is 0 Å². The number of halogens is 1. The molecule has 0 aliphatic heterocycles. The Bertz CT molecular complexity index is 418. The molecule has 0 saturated carbocycles. The Labute approximate surface area is 113 Å². The summed E-state index contributed by atoms with van der Waals surface area (Å²) < 4.78 is 0. The van der Waals surface area contributed by atoms with Crippen LogP contribution in [0.4, 0.5) is 5.69 Å². The van der Waals surface area contributed by atoms with Gasteiger partial charge in [-0.1, -0.05) is 44.1 Å². The van der Waals surface area contributed by atoms with E-state index in [1.54, 1.807) is 12.1 Å². The molecule has 0 N–H and O–H groups in total. The third-order valence-electron chi connectivity index (χ3n) is 2.65. The molecule has 0 amide bonds. The molecule has 0 radical (unpaired) electrons. The van der Waals surface area contributed by atoms with Crippen molar-refractivity contribution in [3.63, 3.8) is 0 Å². The predicted molar refractivity (Wildman–Crippen MR) is 75.9 cm³/mol. The number of nitro groups is 1. The summed E-state index contributed by atoms with van der Waals surface area (Å²) in [6.07, 6.45) is 7.96. The van der Waals surface area contributed by atoms with E-state index in [1.165, 1.54) is 6.07 Å². The van der Waals surface area contributed by atoms with Crippen molar-refractivity contribution >= 4 is 23.4 Å². The fraction of sp³-hybridized carbons (Fsp3) is 0.429. The molecule has 0 aliphatic rings. The lowest BCUT2D eigenvalue weighted by atomic mass is 10.1. The first-order chi connectivity index (χ1) is 8.63.